The molecule has 12 nitrogen and oxygen atoms in total. The largest absolute Gasteiger partial charge is 0.506 e. The number of azo groups is 2. The van der Waals surface area contributed by atoms with Crippen molar-refractivity contribution < 1.29 is 37.5 Å². The first-order chi connectivity index (χ1) is 23.7. The molecule has 0 aliphatic carbocycles. The maximum atomic E-state index is 10.4. The van der Waals surface area contributed by atoms with Crippen LogP contribution in [0, 0.1) is 13.8 Å². The quantitative estimate of drug-likeness (QED) is 0.0961. The van der Waals surface area contributed by atoms with Crippen molar-refractivity contribution in [1.29, 1.82) is 0 Å². The summed E-state index contributed by atoms with van der Waals surface area (Å²) in [5.74, 6) is -0.605. The molecule has 0 unspecified atom stereocenters. The van der Waals surface area contributed by atoms with Crippen LogP contribution in [0.5, 0.6) is 23.3 Å². The molecule has 0 radical (unpaired) electrons. The summed E-state index contributed by atoms with van der Waals surface area (Å²) in [6.07, 6.45) is 0. The Morgan fingerprint density at radius 2 is 0.863 bits per heavy atom. The van der Waals surface area contributed by atoms with Gasteiger partial charge in [-0.05, 0) is 86.6 Å². The second-order valence-corrected chi connectivity index (χ2v) is 12.7. The predicted molar refractivity (Wildman–Crippen MR) is 195 cm³/mol. The average Bonchev–Trinajstić information content (AvgIpc) is 3.53. The van der Waals surface area contributed by atoms with Gasteiger partial charge in [-0.25, -0.2) is 0 Å². The number of hydrogen-bond acceptors (Lipinski definition) is 10. The average molecular weight is 851 g/mol. The van der Waals surface area contributed by atoms with E-state index in [2.05, 4.69) is 30.7 Å². The number of halogens is 6. The first-order valence-corrected chi connectivity index (χ1v) is 16.3. The maximum Gasteiger partial charge on any atom is 0.243 e. The van der Waals surface area contributed by atoms with Crippen molar-refractivity contribution in [1.82, 2.24) is 19.6 Å². The third kappa shape index (κ3) is 9.26. The summed E-state index contributed by atoms with van der Waals surface area (Å²) in [5, 5.41) is 66.9. The van der Waals surface area contributed by atoms with Crippen LogP contribution < -0.4 is 0 Å². The van der Waals surface area contributed by atoms with Crippen molar-refractivity contribution in [2.24, 2.45) is 20.5 Å². The predicted octanol–water partition coefficient (Wildman–Crippen LogP) is 11.9. The first kappa shape index (κ1) is 39.7. The van der Waals surface area contributed by atoms with E-state index in [1.54, 1.807) is 50.2 Å². The molecule has 51 heavy (non-hydrogen) atoms. The van der Waals surface area contributed by atoms with E-state index in [0.29, 0.717) is 52.9 Å². The number of aromatic nitrogens is 4. The van der Waals surface area contributed by atoms with Crippen LogP contribution in [0.3, 0.4) is 0 Å². The van der Waals surface area contributed by atoms with Crippen molar-refractivity contribution in [3.8, 4) is 34.6 Å². The molecular formula is C32H22Cl6FeN8O4. The summed E-state index contributed by atoms with van der Waals surface area (Å²) in [6.45, 7) is 3.33. The summed E-state index contributed by atoms with van der Waals surface area (Å²) < 4.78 is 2.54. The second-order valence-electron chi connectivity index (χ2n) is 10.2. The summed E-state index contributed by atoms with van der Waals surface area (Å²) in [4.78, 5) is 0. The van der Waals surface area contributed by atoms with E-state index in [4.69, 9.17) is 69.6 Å². The molecule has 0 saturated carbocycles. The Hall–Kier alpha value is -4.04. The third-order valence-corrected chi connectivity index (χ3v) is 8.64. The topological polar surface area (TPSA) is 166 Å². The number of nitrogens with zero attached hydrogens (tertiary/aromatic N) is 8. The van der Waals surface area contributed by atoms with Crippen molar-refractivity contribution >= 4 is 92.4 Å². The SMILES string of the molecule is Cc1nn(-c2ccc(Cl)c(Cl)c2)c(O)c1N=Nc1cc(Cl)ccc1O.Cc1nn(-c2ccc(Cl)c(Cl)c2)c(O)c1N=Nc1cc(Cl)ccc1O.[Fe]. The van der Waals surface area contributed by atoms with E-state index in [1.807, 2.05) is 0 Å². The van der Waals surface area contributed by atoms with Crippen LogP contribution in [0.4, 0.5) is 22.7 Å². The summed E-state index contributed by atoms with van der Waals surface area (Å²) in [7, 11) is 0. The fourth-order valence-corrected chi connectivity index (χ4v) is 5.12. The van der Waals surface area contributed by atoms with E-state index in [1.165, 1.54) is 45.8 Å². The zero-order valence-corrected chi connectivity index (χ0v) is 31.6. The van der Waals surface area contributed by atoms with Gasteiger partial charge < -0.3 is 20.4 Å². The molecule has 0 aliphatic heterocycles. The Bertz CT molecular complexity index is 2140. The van der Waals surface area contributed by atoms with Gasteiger partial charge in [0.2, 0.25) is 11.8 Å². The molecule has 2 aromatic heterocycles. The minimum absolute atomic E-state index is 0. The summed E-state index contributed by atoms with van der Waals surface area (Å²) >= 11 is 35.5. The Balaban J connectivity index is 0.000000224. The molecule has 264 valence electrons. The molecule has 0 bridgehead atoms. The van der Waals surface area contributed by atoms with E-state index in [0.717, 1.165) is 0 Å². The van der Waals surface area contributed by atoms with E-state index >= 15 is 0 Å². The molecule has 2 heterocycles. The molecule has 4 aromatic carbocycles. The van der Waals surface area contributed by atoms with E-state index < -0.39 is 0 Å². The van der Waals surface area contributed by atoms with Crippen LogP contribution in [-0.2, 0) is 17.1 Å². The number of phenolic OH excluding ortho intramolecular Hbond substituents is 2. The number of aromatic hydroxyl groups is 4. The molecule has 0 saturated heterocycles. The number of rotatable bonds is 6. The fraction of sp³-hybridized carbons (Fsp3) is 0.0625. The monoisotopic (exact) mass is 848 g/mol. The molecule has 6 aromatic rings. The van der Waals surface area contributed by atoms with Gasteiger partial charge in [-0.3, -0.25) is 0 Å². The Kier molecular flexibility index (Phi) is 13.2. The van der Waals surface area contributed by atoms with Gasteiger partial charge in [0.05, 0.1) is 42.9 Å². The number of hydrogen-bond donors (Lipinski definition) is 4. The van der Waals surface area contributed by atoms with Crippen LogP contribution in [-0.4, -0.2) is 40.0 Å². The smallest absolute Gasteiger partial charge is 0.243 e. The van der Waals surface area contributed by atoms with Gasteiger partial charge in [0.25, 0.3) is 0 Å². The van der Waals surface area contributed by atoms with Gasteiger partial charge in [-0.1, -0.05) is 69.6 Å². The third-order valence-electron chi connectivity index (χ3n) is 6.70. The van der Waals surface area contributed by atoms with Crippen molar-refractivity contribution in [3.63, 3.8) is 0 Å². The minimum atomic E-state index is -0.221. The Labute approximate surface area is 330 Å². The van der Waals surface area contributed by atoms with Crippen LogP contribution in [0.25, 0.3) is 11.4 Å². The molecule has 19 heteroatoms. The van der Waals surface area contributed by atoms with Gasteiger partial charge in [0, 0.05) is 27.1 Å². The second kappa shape index (κ2) is 17.0. The van der Waals surface area contributed by atoms with Crippen LogP contribution in [0.15, 0.2) is 93.3 Å². The molecule has 0 atom stereocenters. The molecule has 0 aliphatic rings. The normalized spacial score (nSPS) is 11.1. The van der Waals surface area contributed by atoms with Crippen LogP contribution in [0.1, 0.15) is 11.4 Å². The van der Waals surface area contributed by atoms with E-state index in [-0.39, 0.29) is 63.1 Å². The van der Waals surface area contributed by atoms with Crippen LogP contribution >= 0.6 is 69.6 Å². The van der Waals surface area contributed by atoms with Crippen molar-refractivity contribution in [3.05, 3.63) is 114 Å². The fourth-order valence-electron chi connectivity index (χ4n) is 4.20. The van der Waals surface area contributed by atoms with Gasteiger partial charge in [-0.15, -0.1) is 20.5 Å². The van der Waals surface area contributed by atoms with Gasteiger partial charge in [0.1, 0.15) is 22.9 Å². The summed E-state index contributed by atoms with van der Waals surface area (Å²) in [6, 6.07) is 18.4. The van der Waals surface area contributed by atoms with Gasteiger partial charge in [-0.2, -0.15) is 19.6 Å². The zero-order chi connectivity index (χ0) is 36.3. The molecule has 0 amide bonds. The Morgan fingerprint density at radius 3 is 1.22 bits per heavy atom. The standard InChI is InChI=1S/2C16H11Cl3N4O2.Fe/c2*1-8-15(21-20-13-6-9(17)2-5-14(13)24)16(25)23(22-8)10-3-4-11(18)12(19)7-10;/h2*2-7,24-25H,1H3;. The molecule has 4 N–H and O–H groups in total. The Morgan fingerprint density at radius 1 is 0.490 bits per heavy atom. The molecular weight excluding hydrogens is 829 g/mol. The van der Waals surface area contributed by atoms with Crippen molar-refractivity contribution in [2.45, 2.75) is 13.8 Å². The number of benzene rings is 4. The molecule has 0 fully saturated rings. The summed E-state index contributed by atoms with van der Waals surface area (Å²) in [5.41, 5.74) is 2.57. The molecule has 0 spiro atoms. The maximum absolute atomic E-state index is 10.4. The zero-order valence-electron chi connectivity index (χ0n) is 25.9. The van der Waals surface area contributed by atoms with Gasteiger partial charge >= 0.3 is 0 Å². The minimum Gasteiger partial charge on any atom is -0.506 e. The van der Waals surface area contributed by atoms with Gasteiger partial charge in [0.15, 0.2) is 11.4 Å². The number of phenols is 2. The number of aryl methyl sites for hydroxylation is 2. The first-order valence-electron chi connectivity index (χ1n) is 14.0. The molecule has 6 rings (SSSR count). The van der Waals surface area contributed by atoms with Crippen molar-refractivity contribution in [2.75, 3.05) is 0 Å². The van der Waals surface area contributed by atoms with E-state index in [9.17, 15) is 20.4 Å². The van der Waals surface area contributed by atoms with Crippen LogP contribution in [0.2, 0.25) is 30.1 Å².